The molecule has 2 nitrogen and oxygen atoms in total. The number of hydrogen-bond acceptors (Lipinski definition) is 2. The van der Waals surface area contributed by atoms with Gasteiger partial charge in [-0.3, -0.25) is 0 Å². The van der Waals surface area contributed by atoms with Crippen LogP contribution in [0.25, 0.3) is 0 Å². The molecule has 22 heavy (non-hydrogen) atoms. The lowest BCUT2D eigenvalue weighted by molar-refractivity contribution is 0.180. The Bertz CT molecular complexity index is 215. The van der Waals surface area contributed by atoms with Gasteiger partial charge in [0, 0.05) is 13.2 Å². The molecule has 0 N–H and O–H groups in total. The van der Waals surface area contributed by atoms with Crippen LogP contribution in [0.4, 0.5) is 0 Å². The highest BCUT2D eigenvalue weighted by molar-refractivity contribution is 6.67. The normalized spacial score (nSPS) is 12.0. The van der Waals surface area contributed by atoms with Crippen LogP contribution in [0.15, 0.2) is 0 Å². The van der Waals surface area contributed by atoms with Crippen LogP contribution in [0.1, 0.15) is 98.3 Å². The summed E-state index contributed by atoms with van der Waals surface area (Å²) in [7, 11) is -1.91. The summed E-state index contributed by atoms with van der Waals surface area (Å²) in [5.74, 6) is 0. The molecule has 0 aliphatic rings. The smallest absolute Gasteiger partial charge is 0.338 e. The van der Waals surface area contributed by atoms with Crippen molar-refractivity contribution >= 4 is 8.56 Å². The number of hydrogen-bond donors (Lipinski definition) is 0. The maximum Gasteiger partial charge on any atom is 0.338 e. The molecule has 0 amide bonds. The van der Waals surface area contributed by atoms with Gasteiger partial charge in [0.1, 0.15) is 0 Å². The highest BCUT2D eigenvalue weighted by Crippen LogP contribution is 2.26. The van der Waals surface area contributed by atoms with E-state index in [1.807, 2.05) is 0 Å². The van der Waals surface area contributed by atoms with Gasteiger partial charge in [-0.15, -0.1) is 0 Å². The van der Waals surface area contributed by atoms with Crippen LogP contribution >= 0.6 is 0 Å². The first-order valence-corrected chi connectivity index (χ1v) is 12.3. The summed E-state index contributed by atoms with van der Waals surface area (Å²) >= 11 is 0. The van der Waals surface area contributed by atoms with Crippen LogP contribution in [-0.4, -0.2) is 21.8 Å². The van der Waals surface area contributed by atoms with Crippen LogP contribution in [0.2, 0.25) is 12.1 Å². The highest BCUT2D eigenvalue weighted by atomic mass is 28.4. The first-order chi connectivity index (χ1) is 10.7. The second-order valence-corrected chi connectivity index (χ2v) is 9.86. The van der Waals surface area contributed by atoms with Crippen molar-refractivity contribution in [1.29, 1.82) is 0 Å². The molecule has 0 aliphatic heterocycles. The first kappa shape index (κ1) is 22.1. The van der Waals surface area contributed by atoms with E-state index in [4.69, 9.17) is 8.85 Å². The lowest BCUT2D eigenvalue weighted by atomic mass is 10.1. The lowest BCUT2D eigenvalue weighted by Gasteiger charge is -2.30. The molecule has 0 rings (SSSR count). The molecule has 134 valence electrons. The van der Waals surface area contributed by atoms with Gasteiger partial charge in [0.05, 0.1) is 0 Å². The van der Waals surface area contributed by atoms with Crippen LogP contribution in [0.3, 0.4) is 0 Å². The molecule has 0 unspecified atom stereocenters. The third-order valence-electron chi connectivity index (χ3n) is 4.39. The van der Waals surface area contributed by atoms with Gasteiger partial charge in [-0.25, -0.2) is 0 Å². The van der Waals surface area contributed by atoms with E-state index in [-0.39, 0.29) is 0 Å². The monoisotopic (exact) mass is 330 g/mol. The fourth-order valence-corrected chi connectivity index (χ4v) is 6.69. The summed E-state index contributed by atoms with van der Waals surface area (Å²) in [6.07, 6.45) is 14.9. The molecule has 0 fully saturated rings. The van der Waals surface area contributed by atoms with Gasteiger partial charge in [-0.1, -0.05) is 84.5 Å². The van der Waals surface area contributed by atoms with Gasteiger partial charge in [-0.2, -0.15) is 0 Å². The van der Waals surface area contributed by atoms with Gasteiger partial charge in [0.25, 0.3) is 0 Å². The molecule has 0 aromatic heterocycles. The zero-order valence-corrected chi connectivity index (χ0v) is 16.9. The van der Waals surface area contributed by atoms with E-state index in [0.717, 1.165) is 13.2 Å². The average molecular weight is 331 g/mol. The fraction of sp³-hybridized carbons (Fsp3) is 1.00. The Labute approximate surface area is 141 Å². The summed E-state index contributed by atoms with van der Waals surface area (Å²) in [5, 5.41) is 0. The van der Waals surface area contributed by atoms with Crippen molar-refractivity contribution in [2.75, 3.05) is 13.2 Å². The van der Waals surface area contributed by atoms with Crippen molar-refractivity contribution in [3.8, 4) is 0 Å². The molecule has 0 aromatic rings. The average Bonchev–Trinajstić information content (AvgIpc) is 2.51. The van der Waals surface area contributed by atoms with Gasteiger partial charge in [0.15, 0.2) is 0 Å². The van der Waals surface area contributed by atoms with Crippen LogP contribution in [-0.2, 0) is 8.85 Å². The molecule has 0 saturated carbocycles. The third kappa shape index (κ3) is 11.7. The second kappa shape index (κ2) is 16.0. The Hall–Kier alpha value is 0.137. The van der Waals surface area contributed by atoms with E-state index in [1.165, 1.54) is 82.7 Å². The minimum atomic E-state index is -1.91. The molecular formula is C19H42O2Si. The van der Waals surface area contributed by atoms with E-state index in [9.17, 15) is 0 Å². The Kier molecular flexibility index (Phi) is 16.1. The van der Waals surface area contributed by atoms with E-state index in [0.29, 0.717) is 0 Å². The van der Waals surface area contributed by atoms with Crippen LogP contribution in [0.5, 0.6) is 0 Å². The Balaban J connectivity index is 3.99. The zero-order valence-electron chi connectivity index (χ0n) is 15.9. The summed E-state index contributed by atoms with van der Waals surface area (Å²) in [6, 6.07) is 2.40. The second-order valence-electron chi connectivity index (χ2n) is 6.46. The third-order valence-corrected chi connectivity index (χ3v) is 8.25. The molecule has 0 aliphatic carbocycles. The van der Waals surface area contributed by atoms with Gasteiger partial charge in [-0.05, 0) is 25.9 Å². The van der Waals surface area contributed by atoms with Gasteiger partial charge >= 0.3 is 8.56 Å². The van der Waals surface area contributed by atoms with E-state index in [1.54, 1.807) is 0 Å². The van der Waals surface area contributed by atoms with Gasteiger partial charge < -0.3 is 8.85 Å². The van der Waals surface area contributed by atoms with Crippen molar-refractivity contribution in [3.05, 3.63) is 0 Å². The largest absolute Gasteiger partial charge is 0.394 e. The molecule has 0 heterocycles. The van der Waals surface area contributed by atoms with Crippen molar-refractivity contribution in [2.24, 2.45) is 0 Å². The van der Waals surface area contributed by atoms with Crippen molar-refractivity contribution < 1.29 is 8.85 Å². The van der Waals surface area contributed by atoms with Gasteiger partial charge in [0.2, 0.25) is 0 Å². The SMILES string of the molecule is CCCCCCCCCC[Si](CCCCC)(OCC)OCC. The summed E-state index contributed by atoms with van der Waals surface area (Å²) in [6.45, 7) is 10.4. The zero-order chi connectivity index (χ0) is 16.5. The molecule has 0 aromatic carbocycles. The predicted molar refractivity (Wildman–Crippen MR) is 101 cm³/mol. The topological polar surface area (TPSA) is 18.5 Å². The van der Waals surface area contributed by atoms with Crippen molar-refractivity contribution in [1.82, 2.24) is 0 Å². The molecule has 0 spiro atoms. The standard InChI is InChI=1S/C19H42O2Si/c1-5-9-11-12-13-14-15-17-19-22(20-7-3,21-8-4)18-16-10-6-2/h5-19H2,1-4H3. The first-order valence-electron chi connectivity index (χ1n) is 10.0. The van der Waals surface area contributed by atoms with Crippen molar-refractivity contribution in [3.63, 3.8) is 0 Å². The molecule has 3 heteroatoms. The molecule has 0 atom stereocenters. The molecule has 0 saturated heterocycles. The maximum absolute atomic E-state index is 6.19. The summed E-state index contributed by atoms with van der Waals surface area (Å²) in [5.41, 5.74) is 0. The minimum absolute atomic E-state index is 0.815. The highest BCUT2D eigenvalue weighted by Gasteiger charge is 2.35. The Morgan fingerprint density at radius 2 is 0.864 bits per heavy atom. The summed E-state index contributed by atoms with van der Waals surface area (Å²) < 4.78 is 12.4. The number of unbranched alkanes of at least 4 members (excludes halogenated alkanes) is 9. The van der Waals surface area contributed by atoms with E-state index >= 15 is 0 Å². The van der Waals surface area contributed by atoms with E-state index < -0.39 is 8.56 Å². The minimum Gasteiger partial charge on any atom is -0.394 e. The Morgan fingerprint density at radius 3 is 1.32 bits per heavy atom. The number of rotatable bonds is 17. The molecule has 0 bridgehead atoms. The Morgan fingerprint density at radius 1 is 0.500 bits per heavy atom. The molecular weight excluding hydrogens is 288 g/mol. The van der Waals surface area contributed by atoms with Crippen molar-refractivity contribution in [2.45, 2.75) is 110 Å². The van der Waals surface area contributed by atoms with E-state index in [2.05, 4.69) is 27.7 Å². The quantitative estimate of drug-likeness (QED) is 0.215. The summed E-state index contributed by atoms with van der Waals surface area (Å²) in [4.78, 5) is 0. The fourth-order valence-electron chi connectivity index (χ4n) is 3.15. The predicted octanol–water partition coefficient (Wildman–Crippen LogP) is 6.83. The van der Waals surface area contributed by atoms with Crippen LogP contribution < -0.4 is 0 Å². The molecule has 0 radical (unpaired) electrons. The van der Waals surface area contributed by atoms with Crippen LogP contribution in [0, 0.1) is 0 Å². The lowest BCUT2D eigenvalue weighted by Crippen LogP contribution is -2.42. The maximum atomic E-state index is 6.19.